The summed E-state index contributed by atoms with van der Waals surface area (Å²) in [7, 11) is 1.94. The van der Waals surface area contributed by atoms with Crippen LogP contribution in [0.3, 0.4) is 0 Å². The molecular weight excluding hydrogens is 267 g/mol. The summed E-state index contributed by atoms with van der Waals surface area (Å²) in [6.45, 7) is 3.52. The molecule has 0 aliphatic carbocycles. The Labute approximate surface area is 117 Å². The van der Waals surface area contributed by atoms with Crippen LogP contribution in [-0.2, 0) is 0 Å². The molecule has 3 nitrogen and oxygen atoms in total. The lowest BCUT2D eigenvalue weighted by molar-refractivity contribution is 0.0662. The van der Waals surface area contributed by atoms with Crippen molar-refractivity contribution >= 4 is 17.5 Å². The fraction of sp³-hybridized carbons (Fsp3) is 0.500. The van der Waals surface area contributed by atoms with Gasteiger partial charge in [-0.2, -0.15) is 0 Å². The molecule has 1 heterocycles. The fourth-order valence-corrected chi connectivity index (χ4v) is 2.53. The third-order valence-corrected chi connectivity index (χ3v) is 4.23. The molecule has 0 unspecified atom stereocenters. The van der Waals surface area contributed by atoms with Gasteiger partial charge in [-0.3, -0.25) is 4.79 Å². The Bertz CT molecular complexity index is 484. The number of piperidine rings is 1. The Kier molecular flexibility index (Phi) is 4.11. The maximum absolute atomic E-state index is 13.0. The van der Waals surface area contributed by atoms with Gasteiger partial charge in [0.2, 0.25) is 0 Å². The number of hydrogen-bond acceptors (Lipinski definition) is 2. The number of nitrogens with zero attached hydrogens (tertiary/aromatic N) is 1. The molecule has 19 heavy (non-hydrogen) atoms. The molecule has 1 saturated heterocycles. The van der Waals surface area contributed by atoms with Crippen LogP contribution in [0, 0.1) is 5.82 Å². The Morgan fingerprint density at radius 2 is 2.05 bits per heavy atom. The van der Waals surface area contributed by atoms with Crippen molar-refractivity contribution in [3.8, 4) is 0 Å². The minimum atomic E-state index is -0.428. The van der Waals surface area contributed by atoms with Crippen LogP contribution in [0.15, 0.2) is 18.2 Å². The number of nitrogens with one attached hydrogen (secondary N) is 1. The summed E-state index contributed by atoms with van der Waals surface area (Å²) >= 11 is 5.93. The van der Waals surface area contributed by atoms with Gasteiger partial charge in [0.15, 0.2) is 0 Å². The highest BCUT2D eigenvalue weighted by molar-refractivity contribution is 6.33. The van der Waals surface area contributed by atoms with Gasteiger partial charge in [-0.1, -0.05) is 11.6 Å². The molecule has 1 aromatic rings. The molecule has 0 aromatic heterocycles. The van der Waals surface area contributed by atoms with E-state index in [1.165, 1.54) is 18.2 Å². The molecule has 1 fully saturated rings. The van der Waals surface area contributed by atoms with Gasteiger partial charge in [-0.25, -0.2) is 4.39 Å². The first-order valence-corrected chi connectivity index (χ1v) is 6.76. The topological polar surface area (TPSA) is 32.3 Å². The van der Waals surface area contributed by atoms with Crippen LogP contribution in [-0.4, -0.2) is 36.5 Å². The molecule has 0 saturated carbocycles. The number of hydrogen-bond donors (Lipinski definition) is 1. The van der Waals surface area contributed by atoms with Crippen LogP contribution < -0.4 is 5.32 Å². The van der Waals surface area contributed by atoms with Crippen LogP contribution in [0.25, 0.3) is 0 Å². The van der Waals surface area contributed by atoms with Crippen molar-refractivity contribution in [1.29, 1.82) is 0 Å². The number of carbonyl (C=O) groups is 1. The van der Waals surface area contributed by atoms with Crippen LogP contribution in [0.4, 0.5) is 4.39 Å². The highest BCUT2D eigenvalue weighted by Gasteiger charge is 2.31. The standard InChI is InChI=1S/C14H18ClFN2O/c1-14(17-2)5-7-18(8-6-14)13(19)11-4-3-10(16)9-12(11)15/h3-4,9,17H,5-8H2,1-2H3. The Balaban J connectivity index is 2.09. The smallest absolute Gasteiger partial charge is 0.255 e. The average molecular weight is 285 g/mol. The first kappa shape index (κ1) is 14.3. The van der Waals surface area contributed by atoms with Crippen molar-refractivity contribution in [2.45, 2.75) is 25.3 Å². The lowest BCUT2D eigenvalue weighted by Gasteiger charge is -2.39. The third kappa shape index (κ3) is 3.07. The molecule has 5 heteroatoms. The van der Waals surface area contributed by atoms with Gasteiger partial charge in [-0.15, -0.1) is 0 Å². The maximum atomic E-state index is 13.0. The Hall–Kier alpha value is -1.13. The van der Waals surface area contributed by atoms with Crippen molar-refractivity contribution < 1.29 is 9.18 Å². The average Bonchev–Trinajstić information content (AvgIpc) is 2.39. The molecule has 104 valence electrons. The Morgan fingerprint density at radius 3 is 2.58 bits per heavy atom. The van der Waals surface area contributed by atoms with Gasteiger partial charge >= 0.3 is 0 Å². The first-order valence-electron chi connectivity index (χ1n) is 6.38. The van der Waals surface area contributed by atoms with Crippen LogP contribution in [0.5, 0.6) is 0 Å². The minimum absolute atomic E-state index is 0.0867. The van der Waals surface area contributed by atoms with E-state index in [9.17, 15) is 9.18 Å². The Morgan fingerprint density at radius 1 is 1.42 bits per heavy atom. The summed E-state index contributed by atoms with van der Waals surface area (Å²) in [6.07, 6.45) is 1.79. The zero-order chi connectivity index (χ0) is 14.0. The summed E-state index contributed by atoms with van der Waals surface area (Å²) in [4.78, 5) is 14.1. The van der Waals surface area contributed by atoms with Crippen molar-refractivity contribution in [3.05, 3.63) is 34.6 Å². The maximum Gasteiger partial charge on any atom is 0.255 e. The largest absolute Gasteiger partial charge is 0.338 e. The second-order valence-electron chi connectivity index (χ2n) is 5.23. The van der Waals surface area contributed by atoms with Crippen LogP contribution in [0.2, 0.25) is 5.02 Å². The molecular formula is C14H18ClFN2O. The zero-order valence-corrected chi connectivity index (χ0v) is 11.9. The fourth-order valence-electron chi connectivity index (χ4n) is 2.29. The zero-order valence-electron chi connectivity index (χ0n) is 11.2. The van der Waals surface area contributed by atoms with E-state index in [1.54, 1.807) is 4.90 Å². The summed E-state index contributed by atoms with van der Waals surface area (Å²) in [6, 6.07) is 3.89. The molecule has 1 amide bonds. The highest BCUT2D eigenvalue weighted by atomic mass is 35.5. The van der Waals surface area contributed by atoms with Gasteiger partial charge < -0.3 is 10.2 Å². The number of benzene rings is 1. The van der Waals surface area contributed by atoms with Gasteiger partial charge in [0.25, 0.3) is 5.91 Å². The van der Waals surface area contributed by atoms with E-state index in [0.717, 1.165) is 12.8 Å². The van der Waals surface area contributed by atoms with E-state index in [2.05, 4.69) is 12.2 Å². The number of rotatable bonds is 2. The minimum Gasteiger partial charge on any atom is -0.338 e. The van der Waals surface area contributed by atoms with E-state index in [4.69, 9.17) is 11.6 Å². The lowest BCUT2D eigenvalue weighted by atomic mass is 9.89. The number of carbonyl (C=O) groups excluding carboxylic acids is 1. The van der Waals surface area contributed by atoms with Crippen LogP contribution in [0.1, 0.15) is 30.1 Å². The van der Waals surface area contributed by atoms with Crippen LogP contribution >= 0.6 is 11.6 Å². The lowest BCUT2D eigenvalue weighted by Crippen LogP contribution is -2.51. The van der Waals surface area contributed by atoms with E-state index in [-0.39, 0.29) is 16.5 Å². The van der Waals surface area contributed by atoms with E-state index in [0.29, 0.717) is 18.7 Å². The molecule has 0 radical (unpaired) electrons. The van der Waals surface area contributed by atoms with E-state index >= 15 is 0 Å². The van der Waals surface area contributed by atoms with Gasteiger partial charge in [0.05, 0.1) is 10.6 Å². The van der Waals surface area contributed by atoms with E-state index in [1.807, 2.05) is 7.05 Å². The van der Waals surface area contributed by atoms with Crippen molar-refractivity contribution in [2.24, 2.45) is 0 Å². The molecule has 0 atom stereocenters. The molecule has 1 aliphatic heterocycles. The van der Waals surface area contributed by atoms with E-state index < -0.39 is 5.82 Å². The predicted octanol–water partition coefficient (Wildman–Crippen LogP) is 2.69. The molecule has 1 aliphatic rings. The van der Waals surface area contributed by atoms with Crippen molar-refractivity contribution in [2.75, 3.05) is 20.1 Å². The van der Waals surface area contributed by atoms with Crippen molar-refractivity contribution in [1.82, 2.24) is 10.2 Å². The predicted molar refractivity (Wildman–Crippen MR) is 74.0 cm³/mol. The summed E-state index contributed by atoms with van der Waals surface area (Å²) in [5.41, 5.74) is 0.458. The molecule has 1 N–H and O–H groups in total. The second-order valence-corrected chi connectivity index (χ2v) is 5.63. The SMILES string of the molecule is CNC1(C)CCN(C(=O)c2ccc(F)cc2Cl)CC1. The monoisotopic (exact) mass is 284 g/mol. The third-order valence-electron chi connectivity index (χ3n) is 3.92. The quantitative estimate of drug-likeness (QED) is 0.906. The van der Waals surface area contributed by atoms with Gasteiger partial charge in [-0.05, 0) is 45.0 Å². The number of likely N-dealkylation sites (tertiary alicyclic amines) is 1. The number of amides is 1. The molecule has 0 bridgehead atoms. The molecule has 1 aromatic carbocycles. The van der Waals surface area contributed by atoms with Gasteiger partial charge in [0.1, 0.15) is 5.82 Å². The first-order chi connectivity index (χ1) is 8.95. The summed E-state index contributed by atoms with van der Waals surface area (Å²) < 4.78 is 13.0. The normalized spacial score (nSPS) is 18.4. The summed E-state index contributed by atoms with van der Waals surface area (Å²) in [5.74, 6) is -0.550. The second kappa shape index (κ2) is 5.47. The summed E-state index contributed by atoms with van der Waals surface area (Å²) in [5, 5.41) is 3.46. The highest BCUT2D eigenvalue weighted by Crippen LogP contribution is 2.25. The van der Waals surface area contributed by atoms with Gasteiger partial charge in [0, 0.05) is 18.6 Å². The molecule has 0 spiro atoms. The molecule has 2 rings (SSSR count). The number of halogens is 2. The van der Waals surface area contributed by atoms with Crippen molar-refractivity contribution in [3.63, 3.8) is 0 Å².